The van der Waals surface area contributed by atoms with Gasteiger partial charge in [0.2, 0.25) is 5.78 Å². The molecule has 0 radical (unpaired) electrons. The summed E-state index contributed by atoms with van der Waals surface area (Å²) in [5, 5.41) is 4.95. The largest absolute Gasteiger partial charge is 0.347 e. The van der Waals surface area contributed by atoms with Gasteiger partial charge in [0.25, 0.3) is 5.91 Å². The SMILES string of the molecule is CNC(CF)C(=O)C(=O)NC1CC1. The molecule has 0 bridgehead atoms. The molecule has 1 saturated carbocycles. The highest BCUT2D eigenvalue weighted by molar-refractivity contribution is 6.38. The maximum Gasteiger partial charge on any atom is 0.289 e. The zero-order valence-corrected chi connectivity index (χ0v) is 7.47. The molecule has 74 valence electrons. The third-order valence-electron chi connectivity index (χ3n) is 1.96. The second kappa shape index (κ2) is 4.32. The van der Waals surface area contributed by atoms with Crippen LogP contribution >= 0.6 is 0 Å². The van der Waals surface area contributed by atoms with Gasteiger partial charge in [-0.05, 0) is 19.9 Å². The maximum atomic E-state index is 12.2. The number of hydrogen-bond acceptors (Lipinski definition) is 3. The van der Waals surface area contributed by atoms with Gasteiger partial charge in [0.1, 0.15) is 12.7 Å². The molecule has 0 saturated heterocycles. The van der Waals surface area contributed by atoms with Crippen molar-refractivity contribution in [1.29, 1.82) is 0 Å². The van der Waals surface area contributed by atoms with Gasteiger partial charge >= 0.3 is 0 Å². The van der Waals surface area contributed by atoms with Crippen LogP contribution in [0, 0.1) is 0 Å². The van der Waals surface area contributed by atoms with E-state index in [1.54, 1.807) is 0 Å². The summed E-state index contributed by atoms with van der Waals surface area (Å²) in [5.74, 6) is -1.41. The van der Waals surface area contributed by atoms with E-state index in [9.17, 15) is 14.0 Å². The average Bonchev–Trinajstić information content (AvgIpc) is 2.90. The fourth-order valence-electron chi connectivity index (χ4n) is 0.921. The van der Waals surface area contributed by atoms with E-state index in [-0.39, 0.29) is 6.04 Å². The quantitative estimate of drug-likeness (QED) is 0.566. The van der Waals surface area contributed by atoms with Crippen LogP contribution in [0.15, 0.2) is 0 Å². The summed E-state index contributed by atoms with van der Waals surface area (Å²) in [4.78, 5) is 22.2. The van der Waals surface area contributed by atoms with E-state index in [2.05, 4.69) is 10.6 Å². The summed E-state index contributed by atoms with van der Waals surface area (Å²) in [5.41, 5.74) is 0. The van der Waals surface area contributed by atoms with E-state index in [0.29, 0.717) is 0 Å². The number of hydrogen-bond donors (Lipinski definition) is 2. The van der Waals surface area contributed by atoms with Crippen molar-refractivity contribution in [3.8, 4) is 0 Å². The molecule has 0 heterocycles. The van der Waals surface area contributed by atoms with E-state index >= 15 is 0 Å². The van der Waals surface area contributed by atoms with Gasteiger partial charge in [0.15, 0.2) is 0 Å². The van der Waals surface area contributed by atoms with Crippen molar-refractivity contribution in [2.24, 2.45) is 0 Å². The summed E-state index contributed by atoms with van der Waals surface area (Å²) in [7, 11) is 1.45. The minimum Gasteiger partial charge on any atom is -0.347 e. The fourth-order valence-corrected chi connectivity index (χ4v) is 0.921. The lowest BCUT2D eigenvalue weighted by Gasteiger charge is -2.09. The van der Waals surface area contributed by atoms with Crippen molar-refractivity contribution in [3.05, 3.63) is 0 Å². The minimum atomic E-state index is -1.00. The number of nitrogens with one attached hydrogen (secondary N) is 2. The normalized spacial score (nSPS) is 18.0. The molecule has 2 N–H and O–H groups in total. The first-order valence-electron chi connectivity index (χ1n) is 4.27. The van der Waals surface area contributed by atoms with Gasteiger partial charge in [0, 0.05) is 6.04 Å². The predicted octanol–water partition coefficient (Wildman–Crippen LogP) is -0.608. The number of amides is 1. The minimum absolute atomic E-state index is 0.133. The first-order chi connectivity index (χ1) is 6.19. The number of rotatable bonds is 5. The number of carbonyl (C=O) groups is 2. The molecule has 0 aliphatic heterocycles. The van der Waals surface area contributed by atoms with Crippen LogP contribution in [0.25, 0.3) is 0 Å². The molecular weight excluding hydrogens is 175 g/mol. The van der Waals surface area contributed by atoms with Gasteiger partial charge in [-0.2, -0.15) is 0 Å². The molecule has 1 aliphatic rings. The van der Waals surface area contributed by atoms with Crippen LogP contribution in [0.1, 0.15) is 12.8 Å². The summed E-state index contributed by atoms with van der Waals surface area (Å²) in [6, 6.07) is -0.868. The van der Waals surface area contributed by atoms with Gasteiger partial charge in [-0.15, -0.1) is 0 Å². The maximum absolute atomic E-state index is 12.2. The molecule has 0 aromatic rings. The Bertz CT molecular complexity index is 212. The summed E-state index contributed by atoms with van der Waals surface area (Å²) in [6.45, 7) is -0.854. The molecule has 1 aliphatic carbocycles. The van der Waals surface area contributed by atoms with Gasteiger partial charge in [0.05, 0.1) is 0 Å². The van der Waals surface area contributed by atoms with Gasteiger partial charge in [-0.25, -0.2) is 4.39 Å². The molecule has 0 aromatic carbocycles. The number of alkyl halides is 1. The Morgan fingerprint density at radius 2 is 2.15 bits per heavy atom. The van der Waals surface area contributed by atoms with Gasteiger partial charge < -0.3 is 10.6 Å². The third kappa shape index (κ3) is 2.77. The second-order valence-corrected chi connectivity index (χ2v) is 3.11. The van der Waals surface area contributed by atoms with Crippen LogP contribution in [0.5, 0.6) is 0 Å². The van der Waals surface area contributed by atoms with E-state index < -0.39 is 24.4 Å². The Hall–Kier alpha value is -0.970. The molecule has 1 unspecified atom stereocenters. The zero-order valence-electron chi connectivity index (χ0n) is 7.47. The summed E-state index contributed by atoms with van der Waals surface area (Å²) in [6.07, 6.45) is 1.83. The zero-order chi connectivity index (χ0) is 9.84. The van der Waals surface area contributed by atoms with E-state index in [1.165, 1.54) is 7.05 Å². The van der Waals surface area contributed by atoms with E-state index in [4.69, 9.17) is 0 Å². The van der Waals surface area contributed by atoms with Crippen molar-refractivity contribution >= 4 is 11.7 Å². The molecule has 1 fully saturated rings. The van der Waals surface area contributed by atoms with Gasteiger partial charge in [-0.1, -0.05) is 0 Å². The van der Waals surface area contributed by atoms with Gasteiger partial charge in [-0.3, -0.25) is 9.59 Å². The highest BCUT2D eigenvalue weighted by Gasteiger charge is 2.29. The van der Waals surface area contributed by atoms with Crippen LogP contribution in [0.4, 0.5) is 4.39 Å². The first-order valence-corrected chi connectivity index (χ1v) is 4.27. The first kappa shape index (κ1) is 10.1. The van der Waals surface area contributed by atoms with Crippen molar-refractivity contribution in [3.63, 3.8) is 0 Å². The van der Waals surface area contributed by atoms with Crippen LogP contribution in [-0.2, 0) is 9.59 Å². The van der Waals surface area contributed by atoms with Crippen LogP contribution in [-0.4, -0.2) is 37.5 Å². The Morgan fingerprint density at radius 3 is 2.54 bits per heavy atom. The molecule has 4 nitrogen and oxygen atoms in total. The number of ketones is 1. The highest BCUT2D eigenvalue weighted by atomic mass is 19.1. The molecule has 0 spiro atoms. The Labute approximate surface area is 75.9 Å². The molecule has 5 heteroatoms. The summed E-state index contributed by atoms with van der Waals surface area (Å²) >= 11 is 0. The number of likely N-dealkylation sites (N-methyl/N-ethyl adjacent to an activating group) is 1. The van der Waals surface area contributed by atoms with Crippen LogP contribution in [0.2, 0.25) is 0 Å². The van der Waals surface area contributed by atoms with Crippen molar-refractivity contribution < 1.29 is 14.0 Å². The van der Waals surface area contributed by atoms with Crippen molar-refractivity contribution in [2.75, 3.05) is 13.7 Å². The molecule has 1 amide bonds. The van der Waals surface area contributed by atoms with Crippen molar-refractivity contribution in [1.82, 2.24) is 10.6 Å². The highest BCUT2D eigenvalue weighted by Crippen LogP contribution is 2.18. The Balaban J connectivity index is 2.38. The number of halogens is 1. The molecular formula is C8H13FN2O2. The predicted molar refractivity (Wildman–Crippen MR) is 45.0 cm³/mol. The smallest absolute Gasteiger partial charge is 0.289 e. The fraction of sp³-hybridized carbons (Fsp3) is 0.750. The lowest BCUT2D eigenvalue weighted by Crippen LogP contribution is -2.45. The topological polar surface area (TPSA) is 58.2 Å². The van der Waals surface area contributed by atoms with E-state index in [0.717, 1.165) is 12.8 Å². The Morgan fingerprint density at radius 1 is 1.54 bits per heavy atom. The molecule has 13 heavy (non-hydrogen) atoms. The second-order valence-electron chi connectivity index (χ2n) is 3.11. The lowest BCUT2D eigenvalue weighted by atomic mass is 10.2. The third-order valence-corrected chi connectivity index (χ3v) is 1.96. The molecule has 1 rings (SSSR count). The van der Waals surface area contributed by atoms with Crippen LogP contribution < -0.4 is 10.6 Å². The van der Waals surface area contributed by atoms with E-state index in [1.807, 2.05) is 0 Å². The Kier molecular flexibility index (Phi) is 3.36. The lowest BCUT2D eigenvalue weighted by molar-refractivity contribution is -0.139. The number of carbonyl (C=O) groups excluding carboxylic acids is 2. The number of Topliss-reactive ketones (excluding diaryl/α,β-unsaturated/α-hetero) is 1. The summed E-state index contributed by atoms with van der Waals surface area (Å²) < 4.78 is 12.2. The average molecular weight is 188 g/mol. The van der Waals surface area contributed by atoms with Crippen molar-refractivity contribution in [2.45, 2.75) is 24.9 Å². The molecule has 0 aromatic heterocycles. The molecule has 1 atom stereocenters. The monoisotopic (exact) mass is 188 g/mol. The standard InChI is InChI=1S/C8H13FN2O2/c1-10-6(4-9)7(12)8(13)11-5-2-3-5/h5-6,10H,2-4H2,1H3,(H,11,13). The van der Waals surface area contributed by atoms with Crippen LogP contribution in [0.3, 0.4) is 0 Å².